The SMILES string of the molecule is CCCCCc1cc(C(=O)NS(=O)(=O)c2cccc(CCNC(=O)c3ccccc3)c2)cnc1C(=O)O. The minimum Gasteiger partial charge on any atom is -0.477 e. The van der Waals surface area contributed by atoms with E-state index < -0.39 is 21.9 Å². The largest absolute Gasteiger partial charge is 0.477 e. The summed E-state index contributed by atoms with van der Waals surface area (Å²) >= 11 is 0. The summed E-state index contributed by atoms with van der Waals surface area (Å²) in [5.41, 5.74) is 1.38. The van der Waals surface area contributed by atoms with Gasteiger partial charge in [-0.2, -0.15) is 0 Å². The van der Waals surface area contributed by atoms with E-state index in [0.717, 1.165) is 25.5 Å². The van der Waals surface area contributed by atoms with Crippen molar-refractivity contribution in [1.29, 1.82) is 0 Å². The summed E-state index contributed by atoms with van der Waals surface area (Å²) in [7, 11) is -4.21. The number of aryl methyl sites for hydroxylation is 1. The lowest BCUT2D eigenvalue weighted by Gasteiger charge is -2.11. The van der Waals surface area contributed by atoms with Crippen molar-refractivity contribution in [2.45, 2.75) is 43.9 Å². The van der Waals surface area contributed by atoms with E-state index in [4.69, 9.17) is 0 Å². The molecule has 0 aliphatic carbocycles. The molecule has 2 amide bonds. The Bertz CT molecular complexity index is 1370. The highest BCUT2D eigenvalue weighted by atomic mass is 32.2. The van der Waals surface area contributed by atoms with E-state index in [0.29, 0.717) is 36.1 Å². The molecule has 3 aromatic rings. The molecule has 0 saturated heterocycles. The Morgan fingerprint density at radius 3 is 2.35 bits per heavy atom. The summed E-state index contributed by atoms with van der Waals surface area (Å²) in [4.78, 5) is 40.2. The fourth-order valence-electron chi connectivity index (χ4n) is 3.70. The van der Waals surface area contributed by atoms with Crippen LogP contribution in [-0.4, -0.2) is 42.8 Å². The van der Waals surface area contributed by atoms with Gasteiger partial charge in [0, 0.05) is 18.3 Å². The van der Waals surface area contributed by atoms with Gasteiger partial charge < -0.3 is 10.4 Å². The van der Waals surface area contributed by atoms with Gasteiger partial charge in [-0.25, -0.2) is 22.9 Å². The number of aromatic nitrogens is 1. The summed E-state index contributed by atoms with van der Waals surface area (Å²) in [5.74, 6) is -2.34. The van der Waals surface area contributed by atoms with Crippen LogP contribution in [0.5, 0.6) is 0 Å². The first-order chi connectivity index (χ1) is 17.7. The number of aromatic carboxylic acids is 1. The highest BCUT2D eigenvalue weighted by Crippen LogP contribution is 2.16. The van der Waals surface area contributed by atoms with Crippen LogP contribution in [0.1, 0.15) is 68.5 Å². The first kappa shape index (κ1) is 27.5. The number of carboxylic acids is 1. The third kappa shape index (κ3) is 7.71. The van der Waals surface area contributed by atoms with Crippen molar-refractivity contribution in [2.75, 3.05) is 6.54 Å². The maximum Gasteiger partial charge on any atom is 0.354 e. The molecule has 0 bridgehead atoms. The number of carbonyl (C=O) groups excluding carboxylic acids is 2. The molecule has 0 unspecified atom stereocenters. The van der Waals surface area contributed by atoms with Gasteiger partial charge in [-0.15, -0.1) is 0 Å². The average molecular weight is 524 g/mol. The van der Waals surface area contributed by atoms with Crippen LogP contribution >= 0.6 is 0 Å². The molecule has 1 heterocycles. The van der Waals surface area contributed by atoms with Gasteiger partial charge >= 0.3 is 5.97 Å². The van der Waals surface area contributed by atoms with Crippen molar-refractivity contribution in [2.24, 2.45) is 0 Å². The number of nitrogens with zero attached hydrogens (tertiary/aromatic N) is 1. The number of unbranched alkanes of at least 4 members (excludes halogenated alkanes) is 2. The highest BCUT2D eigenvalue weighted by Gasteiger charge is 2.21. The van der Waals surface area contributed by atoms with Gasteiger partial charge in [0.05, 0.1) is 10.5 Å². The third-order valence-electron chi connectivity index (χ3n) is 5.65. The number of benzene rings is 2. The predicted octanol–water partition coefficient (Wildman–Crippen LogP) is 3.60. The maximum atomic E-state index is 12.9. The fourth-order valence-corrected chi connectivity index (χ4v) is 4.75. The molecule has 9 nitrogen and oxygen atoms in total. The molecule has 3 N–H and O–H groups in total. The molecule has 0 aliphatic heterocycles. The highest BCUT2D eigenvalue weighted by molar-refractivity contribution is 7.90. The van der Waals surface area contributed by atoms with E-state index in [1.807, 2.05) is 17.7 Å². The lowest BCUT2D eigenvalue weighted by molar-refractivity contribution is 0.0688. The minimum atomic E-state index is -4.21. The van der Waals surface area contributed by atoms with Gasteiger partial charge in [0.1, 0.15) is 0 Å². The minimum absolute atomic E-state index is 0.0418. The molecule has 2 aromatic carbocycles. The number of pyridine rings is 1. The second-order valence-corrected chi connectivity index (χ2v) is 10.1. The standard InChI is InChI=1S/C27H29N3O6S/c1-2-3-5-12-21-17-22(18-29-24(21)27(33)34)26(32)30-37(35,36)23-13-8-9-19(16-23)14-15-28-25(31)20-10-6-4-7-11-20/h4,6-11,13,16-18H,2-3,5,12,14-15H2,1H3,(H,28,31)(H,30,32)(H,33,34). The fraction of sp³-hybridized carbons (Fsp3) is 0.259. The zero-order chi connectivity index (χ0) is 26.8. The molecule has 1 aromatic heterocycles. The second-order valence-electron chi connectivity index (χ2n) is 8.45. The van der Waals surface area contributed by atoms with E-state index in [1.54, 1.807) is 36.4 Å². The summed E-state index contributed by atoms with van der Waals surface area (Å²) in [6.45, 7) is 2.31. The Morgan fingerprint density at radius 2 is 1.65 bits per heavy atom. The van der Waals surface area contributed by atoms with Gasteiger partial charge in [-0.05, 0) is 60.7 Å². The average Bonchev–Trinajstić information content (AvgIpc) is 2.89. The van der Waals surface area contributed by atoms with E-state index in [9.17, 15) is 27.9 Å². The van der Waals surface area contributed by atoms with Crippen LogP contribution in [0.2, 0.25) is 0 Å². The maximum absolute atomic E-state index is 12.9. The Kier molecular flexibility index (Phi) is 9.51. The molecule has 37 heavy (non-hydrogen) atoms. The molecule has 0 spiro atoms. The van der Waals surface area contributed by atoms with Gasteiger partial charge in [-0.1, -0.05) is 50.1 Å². The van der Waals surface area contributed by atoms with Crippen molar-refractivity contribution in [3.05, 3.63) is 94.8 Å². The summed E-state index contributed by atoms with van der Waals surface area (Å²) in [6.07, 6.45) is 4.41. The van der Waals surface area contributed by atoms with E-state index in [-0.39, 0.29) is 22.1 Å². The predicted molar refractivity (Wildman–Crippen MR) is 138 cm³/mol. The van der Waals surface area contributed by atoms with Gasteiger partial charge in [0.25, 0.3) is 21.8 Å². The first-order valence-electron chi connectivity index (χ1n) is 11.9. The van der Waals surface area contributed by atoms with Crippen LogP contribution in [0, 0.1) is 0 Å². The van der Waals surface area contributed by atoms with E-state index >= 15 is 0 Å². The number of carboxylic acid groups (broad SMARTS) is 1. The van der Waals surface area contributed by atoms with Crippen LogP contribution in [0.4, 0.5) is 0 Å². The molecular weight excluding hydrogens is 494 g/mol. The smallest absolute Gasteiger partial charge is 0.354 e. The monoisotopic (exact) mass is 523 g/mol. The summed E-state index contributed by atoms with van der Waals surface area (Å²) in [6, 6.07) is 16.2. The molecular formula is C27H29N3O6S. The Hall–Kier alpha value is -4.05. The number of rotatable bonds is 12. The molecule has 0 aliphatic rings. The number of carbonyl (C=O) groups is 3. The van der Waals surface area contributed by atoms with Crippen molar-refractivity contribution in [3.63, 3.8) is 0 Å². The van der Waals surface area contributed by atoms with Gasteiger partial charge in [-0.3, -0.25) is 9.59 Å². The van der Waals surface area contributed by atoms with Crippen LogP contribution in [0.3, 0.4) is 0 Å². The van der Waals surface area contributed by atoms with Crippen molar-refractivity contribution in [3.8, 4) is 0 Å². The van der Waals surface area contributed by atoms with Crippen molar-refractivity contribution < 1.29 is 27.9 Å². The first-order valence-corrected chi connectivity index (χ1v) is 13.4. The molecule has 0 fully saturated rings. The molecule has 0 radical (unpaired) electrons. The van der Waals surface area contributed by atoms with Crippen molar-refractivity contribution >= 4 is 27.8 Å². The van der Waals surface area contributed by atoms with Gasteiger partial charge in [0.15, 0.2) is 5.69 Å². The zero-order valence-corrected chi connectivity index (χ0v) is 21.3. The van der Waals surface area contributed by atoms with E-state index in [2.05, 4.69) is 10.3 Å². The summed E-state index contributed by atoms with van der Waals surface area (Å²) in [5, 5.41) is 12.2. The Labute approximate surface area is 216 Å². The lowest BCUT2D eigenvalue weighted by atomic mass is 10.0. The van der Waals surface area contributed by atoms with Crippen LogP contribution in [0.25, 0.3) is 0 Å². The molecule has 3 rings (SSSR count). The molecule has 0 saturated carbocycles. The Balaban J connectivity index is 1.67. The normalized spacial score (nSPS) is 11.1. The van der Waals surface area contributed by atoms with Gasteiger partial charge in [0.2, 0.25) is 0 Å². The van der Waals surface area contributed by atoms with Crippen LogP contribution < -0.4 is 10.0 Å². The lowest BCUT2D eigenvalue weighted by Crippen LogP contribution is -2.31. The number of sulfonamides is 1. The molecule has 194 valence electrons. The number of nitrogens with one attached hydrogen (secondary N) is 2. The quantitative estimate of drug-likeness (QED) is 0.308. The third-order valence-corrected chi connectivity index (χ3v) is 6.98. The molecule has 0 atom stereocenters. The van der Waals surface area contributed by atoms with Crippen LogP contribution in [-0.2, 0) is 22.9 Å². The topological polar surface area (TPSA) is 143 Å². The van der Waals surface area contributed by atoms with Crippen molar-refractivity contribution in [1.82, 2.24) is 15.0 Å². The second kappa shape index (κ2) is 12.8. The summed E-state index contributed by atoms with van der Waals surface area (Å²) < 4.78 is 27.8. The zero-order valence-electron chi connectivity index (χ0n) is 20.4. The number of hydrogen-bond acceptors (Lipinski definition) is 6. The Morgan fingerprint density at radius 1 is 0.892 bits per heavy atom. The number of amides is 2. The molecule has 10 heteroatoms. The van der Waals surface area contributed by atoms with Crippen LogP contribution in [0.15, 0.2) is 71.8 Å². The number of hydrogen-bond donors (Lipinski definition) is 3. The van der Waals surface area contributed by atoms with E-state index in [1.165, 1.54) is 18.2 Å².